The lowest BCUT2D eigenvalue weighted by Crippen LogP contribution is -2.35. The van der Waals surface area contributed by atoms with Crippen molar-refractivity contribution in [3.8, 4) is 0 Å². The molecular formula is C23H20Cl2N2O2S2. The summed E-state index contributed by atoms with van der Waals surface area (Å²) < 4.78 is 0. The molecule has 0 radical (unpaired) electrons. The molecule has 0 saturated carbocycles. The van der Waals surface area contributed by atoms with E-state index >= 15 is 0 Å². The van der Waals surface area contributed by atoms with Gasteiger partial charge in [0.15, 0.2) is 0 Å². The maximum Gasteiger partial charge on any atom is 0.267 e. The minimum atomic E-state index is -0.326. The normalized spacial score (nSPS) is 11.2. The summed E-state index contributed by atoms with van der Waals surface area (Å²) >= 11 is 15.1. The Labute approximate surface area is 199 Å². The standard InChI is InChI=1S/C23H20Cl2N2O2S2/c24-19-9-8-16(13-20(19)25)15-30-12-10-26-23(29)21(14-18-7-4-11-31-18)27-22(28)17-5-2-1-3-6-17/h1-9,11,13-14H,10,12,15H2,(H,26,29)(H,27,28)/b21-14-. The first-order valence-corrected chi connectivity index (χ1v) is 12.2. The third-order valence-corrected chi connectivity index (χ3v) is 6.73. The summed E-state index contributed by atoms with van der Waals surface area (Å²) in [5, 5.41) is 8.59. The average molecular weight is 491 g/mol. The fourth-order valence-electron chi connectivity index (χ4n) is 2.61. The van der Waals surface area contributed by atoms with Crippen LogP contribution < -0.4 is 10.6 Å². The zero-order chi connectivity index (χ0) is 22.1. The maximum absolute atomic E-state index is 12.7. The minimum absolute atomic E-state index is 0.214. The van der Waals surface area contributed by atoms with Crippen LogP contribution in [0.5, 0.6) is 0 Å². The largest absolute Gasteiger partial charge is 0.350 e. The quantitative estimate of drug-likeness (QED) is 0.291. The molecule has 0 aliphatic carbocycles. The lowest BCUT2D eigenvalue weighted by molar-refractivity contribution is -0.117. The molecule has 2 aromatic carbocycles. The van der Waals surface area contributed by atoms with Crippen LogP contribution in [0, 0.1) is 0 Å². The van der Waals surface area contributed by atoms with Gasteiger partial charge in [-0.2, -0.15) is 11.8 Å². The van der Waals surface area contributed by atoms with Crippen molar-refractivity contribution < 1.29 is 9.59 Å². The Morgan fingerprint density at radius 1 is 1.00 bits per heavy atom. The zero-order valence-corrected chi connectivity index (χ0v) is 19.6. The fraction of sp³-hybridized carbons (Fsp3) is 0.130. The smallest absolute Gasteiger partial charge is 0.267 e. The highest BCUT2D eigenvalue weighted by molar-refractivity contribution is 7.98. The Kier molecular flexibility index (Phi) is 9.03. The number of thiophene rings is 1. The Morgan fingerprint density at radius 2 is 1.81 bits per heavy atom. The molecular weight excluding hydrogens is 471 g/mol. The maximum atomic E-state index is 12.7. The van der Waals surface area contributed by atoms with Crippen LogP contribution in [0.3, 0.4) is 0 Å². The predicted molar refractivity (Wildman–Crippen MR) is 132 cm³/mol. The Hall–Kier alpha value is -2.25. The van der Waals surface area contributed by atoms with Crippen LogP contribution in [0.1, 0.15) is 20.8 Å². The van der Waals surface area contributed by atoms with E-state index in [2.05, 4.69) is 10.6 Å². The van der Waals surface area contributed by atoms with Gasteiger partial charge in [0.25, 0.3) is 11.8 Å². The van der Waals surface area contributed by atoms with Crippen molar-refractivity contribution in [1.29, 1.82) is 0 Å². The highest BCUT2D eigenvalue weighted by atomic mass is 35.5. The van der Waals surface area contributed by atoms with Crippen molar-refractivity contribution in [3.63, 3.8) is 0 Å². The number of hydrogen-bond acceptors (Lipinski definition) is 4. The van der Waals surface area contributed by atoms with E-state index in [1.54, 1.807) is 48.2 Å². The molecule has 4 nitrogen and oxygen atoms in total. The van der Waals surface area contributed by atoms with Crippen LogP contribution in [0.2, 0.25) is 10.0 Å². The molecule has 1 heterocycles. The second-order valence-corrected chi connectivity index (χ2v) is 9.35. The van der Waals surface area contributed by atoms with Gasteiger partial charge in [0.2, 0.25) is 0 Å². The third kappa shape index (κ3) is 7.43. The summed E-state index contributed by atoms with van der Waals surface area (Å²) in [6.45, 7) is 0.466. The zero-order valence-electron chi connectivity index (χ0n) is 16.4. The number of rotatable bonds is 9. The van der Waals surface area contributed by atoms with E-state index in [-0.39, 0.29) is 17.5 Å². The summed E-state index contributed by atoms with van der Waals surface area (Å²) in [5.41, 5.74) is 1.77. The number of carbonyl (C=O) groups is 2. The number of thioether (sulfide) groups is 1. The average Bonchev–Trinajstić information content (AvgIpc) is 3.29. The van der Waals surface area contributed by atoms with Crippen molar-refractivity contribution in [1.82, 2.24) is 10.6 Å². The van der Waals surface area contributed by atoms with Crippen molar-refractivity contribution in [2.24, 2.45) is 0 Å². The second kappa shape index (κ2) is 12.0. The van der Waals surface area contributed by atoms with Crippen molar-refractivity contribution >= 4 is 64.2 Å². The molecule has 0 unspecified atom stereocenters. The van der Waals surface area contributed by atoms with E-state index in [0.29, 0.717) is 27.9 Å². The number of nitrogens with one attached hydrogen (secondary N) is 2. The molecule has 0 aliphatic heterocycles. The minimum Gasteiger partial charge on any atom is -0.350 e. The molecule has 0 spiro atoms. The van der Waals surface area contributed by atoms with E-state index in [1.165, 1.54) is 11.3 Å². The molecule has 0 bridgehead atoms. The summed E-state index contributed by atoms with van der Waals surface area (Å²) in [4.78, 5) is 26.1. The van der Waals surface area contributed by atoms with Gasteiger partial charge in [-0.05, 0) is 47.4 Å². The van der Waals surface area contributed by atoms with Gasteiger partial charge in [-0.15, -0.1) is 11.3 Å². The molecule has 8 heteroatoms. The van der Waals surface area contributed by atoms with E-state index in [9.17, 15) is 9.59 Å². The van der Waals surface area contributed by atoms with E-state index in [4.69, 9.17) is 23.2 Å². The van der Waals surface area contributed by atoms with Gasteiger partial charge in [0, 0.05) is 28.5 Å². The topological polar surface area (TPSA) is 58.2 Å². The van der Waals surface area contributed by atoms with Crippen LogP contribution in [0.4, 0.5) is 0 Å². The highest BCUT2D eigenvalue weighted by Crippen LogP contribution is 2.24. The van der Waals surface area contributed by atoms with Crippen LogP contribution in [-0.4, -0.2) is 24.1 Å². The van der Waals surface area contributed by atoms with Crippen LogP contribution >= 0.6 is 46.3 Å². The fourth-order valence-corrected chi connectivity index (χ4v) is 4.39. The number of benzene rings is 2. The summed E-state index contributed by atoms with van der Waals surface area (Å²) in [6.07, 6.45) is 1.68. The lowest BCUT2D eigenvalue weighted by atomic mass is 10.2. The first-order valence-electron chi connectivity index (χ1n) is 9.44. The molecule has 0 fully saturated rings. The van der Waals surface area contributed by atoms with Gasteiger partial charge < -0.3 is 10.6 Å². The molecule has 1 aromatic heterocycles. The van der Waals surface area contributed by atoms with Gasteiger partial charge in [-0.3, -0.25) is 9.59 Å². The van der Waals surface area contributed by atoms with Crippen molar-refractivity contribution in [2.45, 2.75) is 5.75 Å². The number of amides is 2. The molecule has 2 amide bonds. The molecule has 0 saturated heterocycles. The molecule has 0 atom stereocenters. The first-order chi connectivity index (χ1) is 15.0. The Balaban J connectivity index is 1.54. The molecule has 0 aliphatic rings. The number of carbonyl (C=O) groups excluding carboxylic acids is 2. The molecule has 2 N–H and O–H groups in total. The van der Waals surface area contributed by atoms with Gasteiger partial charge in [0.05, 0.1) is 10.0 Å². The monoisotopic (exact) mass is 490 g/mol. The molecule has 31 heavy (non-hydrogen) atoms. The molecule has 160 valence electrons. The molecule has 3 aromatic rings. The van der Waals surface area contributed by atoms with Gasteiger partial charge >= 0.3 is 0 Å². The van der Waals surface area contributed by atoms with Crippen LogP contribution in [0.15, 0.2) is 71.7 Å². The third-order valence-electron chi connectivity index (χ3n) is 4.14. The highest BCUT2D eigenvalue weighted by Gasteiger charge is 2.14. The van der Waals surface area contributed by atoms with E-state index in [0.717, 1.165) is 16.2 Å². The summed E-state index contributed by atoms with van der Waals surface area (Å²) in [5.74, 6) is 0.820. The number of halogens is 2. The Morgan fingerprint density at radius 3 is 2.52 bits per heavy atom. The lowest BCUT2D eigenvalue weighted by Gasteiger charge is -2.11. The first kappa shape index (κ1) is 23.4. The summed E-state index contributed by atoms with van der Waals surface area (Å²) in [7, 11) is 0. The SMILES string of the molecule is O=C(NCCSCc1ccc(Cl)c(Cl)c1)/C(=C/c1cccs1)NC(=O)c1ccccc1. The molecule has 3 rings (SSSR count). The van der Waals surface area contributed by atoms with Gasteiger partial charge in [0.1, 0.15) is 5.70 Å². The predicted octanol–water partition coefficient (Wildman–Crippen LogP) is 5.88. The second-order valence-electron chi connectivity index (χ2n) is 6.45. The van der Waals surface area contributed by atoms with Crippen molar-refractivity contribution in [3.05, 3.63) is 97.8 Å². The van der Waals surface area contributed by atoms with Gasteiger partial charge in [-0.1, -0.05) is 53.5 Å². The summed E-state index contributed by atoms with van der Waals surface area (Å²) in [6, 6.07) is 18.1. The van der Waals surface area contributed by atoms with E-state index < -0.39 is 0 Å². The van der Waals surface area contributed by atoms with E-state index in [1.807, 2.05) is 35.7 Å². The number of hydrogen-bond donors (Lipinski definition) is 2. The Bertz CT molecular complexity index is 1050. The van der Waals surface area contributed by atoms with Gasteiger partial charge in [-0.25, -0.2) is 0 Å². The van der Waals surface area contributed by atoms with Crippen LogP contribution in [0.25, 0.3) is 6.08 Å². The van der Waals surface area contributed by atoms with Crippen molar-refractivity contribution in [2.75, 3.05) is 12.3 Å². The van der Waals surface area contributed by atoms with Crippen LogP contribution in [-0.2, 0) is 10.5 Å².